The van der Waals surface area contributed by atoms with Crippen molar-refractivity contribution in [2.45, 2.75) is 40.5 Å². The van der Waals surface area contributed by atoms with Crippen molar-refractivity contribution in [3.8, 4) is 5.75 Å². The van der Waals surface area contributed by atoms with Crippen molar-refractivity contribution in [2.24, 2.45) is 5.92 Å². The second-order valence-electron chi connectivity index (χ2n) is 6.05. The topological polar surface area (TPSA) is 59.6 Å². The quantitative estimate of drug-likeness (QED) is 0.641. The van der Waals surface area contributed by atoms with Crippen molar-refractivity contribution >= 4 is 11.7 Å². The van der Waals surface area contributed by atoms with Crippen LogP contribution in [-0.4, -0.2) is 32.4 Å². The molecule has 0 bridgehead atoms. The Morgan fingerprint density at radius 3 is 2.74 bits per heavy atom. The van der Waals surface area contributed by atoms with Crippen LogP contribution < -0.4 is 15.4 Å². The van der Waals surface area contributed by atoms with E-state index in [2.05, 4.69) is 31.4 Å². The van der Waals surface area contributed by atoms with Gasteiger partial charge >= 0.3 is 6.03 Å². The van der Waals surface area contributed by atoms with E-state index in [1.54, 1.807) is 0 Å². The van der Waals surface area contributed by atoms with Crippen LogP contribution in [0.4, 0.5) is 10.5 Å². The zero-order valence-electron chi connectivity index (χ0n) is 14.8. The van der Waals surface area contributed by atoms with Gasteiger partial charge in [-0.2, -0.15) is 0 Å². The first-order valence-corrected chi connectivity index (χ1v) is 8.39. The van der Waals surface area contributed by atoms with Crippen LogP contribution in [0.15, 0.2) is 18.2 Å². The highest BCUT2D eigenvalue weighted by Gasteiger charge is 2.08. The van der Waals surface area contributed by atoms with Gasteiger partial charge in [0.05, 0.1) is 12.3 Å². The zero-order chi connectivity index (χ0) is 17.1. The smallest absolute Gasteiger partial charge is 0.319 e. The van der Waals surface area contributed by atoms with E-state index in [9.17, 15) is 4.79 Å². The van der Waals surface area contributed by atoms with Crippen molar-refractivity contribution in [2.75, 3.05) is 31.7 Å². The molecular formula is C18H30N2O3. The van der Waals surface area contributed by atoms with E-state index in [1.165, 1.54) is 0 Å². The summed E-state index contributed by atoms with van der Waals surface area (Å²) in [7, 11) is 0. The van der Waals surface area contributed by atoms with Gasteiger partial charge in [-0.15, -0.1) is 0 Å². The minimum Gasteiger partial charge on any atom is -0.491 e. The van der Waals surface area contributed by atoms with Gasteiger partial charge in [-0.25, -0.2) is 4.79 Å². The molecule has 130 valence electrons. The fourth-order valence-electron chi connectivity index (χ4n) is 1.93. The first-order valence-electron chi connectivity index (χ1n) is 8.39. The molecule has 2 N–H and O–H groups in total. The first kappa shape index (κ1) is 19.3. The molecule has 0 saturated carbocycles. The lowest BCUT2D eigenvalue weighted by Crippen LogP contribution is -2.30. The molecule has 5 heteroatoms. The third-order valence-corrected chi connectivity index (χ3v) is 3.05. The van der Waals surface area contributed by atoms with Crippen LogP contribution in [0.2, 0.25) is 0 Å². The molecule has 0 unspecified atom stereocenters. The third kappa shape index (κ3) is 8.45. The number of urea groups is 1. The summed E-state index contributed by atoms with van der Waals surface area (Å²) < 4.78 is 11.2. The summed E-state index contributed by atoms with van der Waals surface area (Å²) in [6.45, 7) is 10.9. The predicted molar refractivity (Wildman–Crippen MR) is 94.3 cm³/mol. The van der Waals surface area contributed by atoms with Crippen molar-refractivity contribution in [1.82, 2.24) is 5.32 Å². The Labute approximate surface area is 139 Å². The third-order valence-electron chi connectivity index (χ3n) is 3.05. The highest BCUT2D eigenvalue weighted by Crippen LogP contribution is 2.25. The minimum absolute atomic E-state index is 0.223. The van der Waals surface area contributed by atoms with Crippen LogP contribution in [0.3, 0.4) is 0 Å². The normalized spacial score (nSPS) is 10.7. The number of hydrogen-bond acceptors (Lipinski definition) is 3. The number of carbonyl (C=O) groups is 1. The summed E-state index contributed by atoms with van der Waals surface area (Å²) >= 11 is 0. The van der Waals surface area contributed by atoms with Crippen LogP contribution in [0.5, 0.6) is 5.75 Å². The molecule has 1 rings (SSSR count). The molecule has 0 spiro atoms. The summed E-state index contributed by atoms with van der Waals surface area (Å²) in [4.78, 5) is 11.9. The molecule has 0 atom stereocenters. The molecule has 0 aliphatic rings. The van der Waals surface area contributed by atoms with Crippen LogP contribution in [0.1, 0.15) is 39.2 Å². The van der Waals surface area contributed by atoms with Crippen LogP contribution in [-0.2, 0) is 4.74 Å². The van der Waals surface area contributed by atoms with Crippen molar-refractivity contribution in [3.63, 3.8) is 0 Å². The summed E-state index contributed by atoms with van der Waals surface area (Å²) in [5.74, 6) is 1.25. The van der Waals surface area contributed by atoms with E-state index < -0.39 is 0 Å². The van der Waals surface area contributed by atoms with Gasteiger partial charge in [0.25, 0.3) is 0 Å². The van der Waals surface area contributed by atoms with Gasteiger partial charge in [-0.05, 0) is 43.4 Å². The molecule has 0 aliphatic heterocycles. The number of carbonyl (C=O) groups excluding carboxylic acids is 1. The van der Waals surface area contributed by atoms with Gasteiger partial charge in [0.15, 0.2) is 0 Å². The van der Waals surface area contributed by atoms with E-state index in [0.717, 1.165) is 25.0 Å². The number of anilines is 1. The van der Waals surface area contributed by atoms with Gasteiger partial charge < -0.3 is 20.1 Å². The highest BCUT2D eigenvalue weighted by atomic mass is 16.5. The lowest BCUT2D eigenvalue weighted by atomic mass is 10.2. The molecule has 5 nitrogen and oxygen atoms in total. The Hall–Kier alpha value is -1.75. The summed E-state index contributed by atoms with van der Waals surface area (Å²) in [5.41, 5.74) is 1.79. The van der Waals surface area contributed by atoms with E-state index in [4.69, 9.17) is 9.47 Å². The Morgan fingerprint density at radius 2 is 2.04 bits per heavy atom. The number of benzene rings is 1. The maximum atomic E-state index is 11.9. The molecule has 0 saturated heterocycles. The van der Waals surface area contributed by atoms with Crippen molar-refractivity contribution in [3.05, 3.63) is 23.8 Å². The number of amides is 2. The number of aryl methyl sites for hydroxylation is 1. The van der Waals surface area contributed by atoms with Gasteiger partial charge in [0.2, 0.25) is 0 Å². The molecule has 1 aromatic carbocycles. The largest absolute Gasteiger partial charge is 0.491 e. The molecule has 0 aliphatic carbocycles. The second kappa shape index (κ2) is 10.9. The molecule has 1 aromatic rings. The van der Waals surface area contributed by atoms with E-state index in [0.29, 0.717) is 37.1 Å². The molecule has 0 heterocycles. The number of rotatable bonds is 10. The summed E-state index contributed by atoms with van der Waals surface area (Å²) in [5, 5.41) is 5.67. The van der Waals surface area contributed by atoms with E-state index >= 15 is 0 Å². The van der Waals surface area contributed by atoms with Crippen molar-refractivity contribution < 1.29 is 14.3 Å². The zero-order valence-corrected chi connectivity index (χ0v) is 14.8. The molecule has 0 fully saturated rings. The fourth-order valence-corrected chi connectivity index (χ4v) is 1.93. The van der Waals surface area contributed by atoms with Crippen LogP contribution in [0.25, 0.3) is 0 Å². The predicted octanol–water partition coefficient (Wildman–Crippen LogP) is 3.97. The summed E-state index contributed by atoms with van der Waals surface area (Å²) in [6, 6.07) is 5.53. The highest BCUT2D eigenvalue weighted by molar-refractivity contribution is 5.90. The average Bonchev–Trinajstić information content (AvgIpc) is 2.50. The summed E-state index contributed by atoms with van der Waals surface area (Å²) in [6.07, 6.45) is 1.73. The van der Waals surface area contributed by atoms with Gasteiger partial charge in [-0.3, -0.25) is 0 Å². The van der Waals surface area contributed by atoms with Crippen LogP contribution >= 0.6 is 0 Å². The Morgan fingerprint density at radius 1 is 1.26 bits per heavy atom. The number of ether oxygens (including phenoxy) is 2. The SMILES string of the molecule is CCCOc1cc(C)ccc1NC(=O)NCCCOCC(C)C. The van der Waals surface area contributed by atoms with Crippen LogP contribution in [0, 0.1) is 12.8 Å². The molecule has 23 heavy (non-hydrogen) atoms. The van der Waals surface area contributed by atoms with Gasteiger partial charge in [0.1, 0.15) is 5.75 Å². The Balaban J connectivity index is 2.36. The average molecular weight is 322 g/mol. The molecule has 0 aromatic heterocycles. The van der Waals surface area contributed by atoms with E-state index in [-0.39, 0.29) is 6.03 Å². The minimum atomic E-state index is -0.223. The lowest BCUT2D eigenvalue weighted by Gasteiger charge is -2.13. The maximum Gasteiger partial charge on any atom is 0.319 e. The van der Waals surface area contributed by atoms with Crippen molar-refractivity contribution in [1.29, 1.82) is 0 Å². The van der Waals surface area contributed by atoms with Gasteiger partial charge in [0, 0.05) is 19.8 Å². The van der Waals surface area contributed by atoms with E-state index in [1.807, 2.05) is 25.1 Å². The molecular weight excluding hydrogens is 292 g/mol. The Bertz CT molecular complexity index is 475. The first-order chi connectivity index (χ1) is 11.0. The molecule has 0 radical (unpaired) electrons. The number of hydrogen-bond donors (Lipinski definition) is 2. The fraction of sp³-hybridized carbons (Fsp3) is 0.611. The standard InChI is InChI=1S/C18H30N2O3/c1-5-10-23-17-12-15(4)7-8-16(17)20-18(21)19-9-6-11-22-13-14(2)3/h7-8,12,14H,5-6,9-11,13H2,1-4H3,(H2,19,20,21). The molecule has 2 amide bonds. The van der Waals surface area contributed by atoms with Gasteiger partial charge in [-0.1, -0.05) is 26.8 Å². The maximum absolute atomic E-state index is 11.9. The second-order valence-corrected chi connectivity index (χ2v) is 6.05. The Kier molecular flexibility index (Phi) is 9.14. The lowest BCUT2D eigenvalue weighted by molar-refractivity contribution is 0.108. The number of nitrogens with one attached hydrogen (secondary N) is 2. The monoisotopic (exact) mass is 322 g/mol.